The SMILES string of the molecule is Cc1nc(Nc2ccccc2F)nc(N2CCc3c(Cl)cccc3C2C)c1C.Cl. The van der Waals surface area contributed by atoms with Gasteiger partial charge in [-0.25, -0.2) is 9.37 Å². The smallest absolute Gasteiger partial charge is 0.229 e. The third-order valence-corrected chi connectivity index (χ3v) is 5.79. The van der Waals surface area contributed by atoms with Crippen LogP contribution in [0.3, 0.4) is 0 Å². The second-order valence-electron chi connectivity index (χ2n) is 7.11. The first-order chi connectivity index (χ1) is 13.5. The van der Waals surface area contributed by atoms with Crippen LogP contribution in [0.1, 0.15) is 35.3 Å². The second kappa shape index (κ2) is 8.56. The first-order valence-electron chi connectivity index (χ1n) is 9.36. The number of anilines is 3. The van der Waals surface area contributed by atoms with E-state index < -0.39 is 0 Å². The van der Waals surface area contributed by atoms with Crippen molar-refractivity contribution < 1.29 is 4.39 Å². The molecule has 7 heteroatoms. The number of benzene rings is 2. The van der Waals surface area contributed by atoms with Crippen molar-refractivity contribution in [2.24, 2.45) is 0 Å². The van der Waals surface area contributed by atoms with Gasteiger partial charge in [0.15, 0.2) is 0 Å². The van der Waals surface area contributed by atoms with Gasteiger partial charge >= 0.3 is 0 Å². The zero-order chi connectivity index (χ0) is 19.8. The molecule has 0 spiro atoms. The monoisotopic (exact) mass is 432 g/mol. The summed E-state index contributed by atoms with van der Waals surface area (Å²) in [4.78, 5) is 11.5. The minimum absolute atomic E-state index is 0. The fourth-order valence-electron chi connectivity index (χ4n) is 3.75. The molecule has 1 aliphatic rings. The van der Waals surface area contributed by atoms with Gasteiger partial charge in [0.1, 0.15) is 11.6 Å². The second-order valence-corrected chi connectivity index (χ2v) is 7.52. The molecule has 0 bridgehead atoms. The van der Waals surface area contributed by atoms with E-state index in [9.17, 15) is 4.39 Å². The van der Waals surface area contributed by atoms with Gasteiger partial charge in [0.2, 0.25) is 5.95 Å². The third-order valence-electron chi connectivity index (χ3n) is 5.43. The lowest BCUT2D eigenvalue weighted by Gasteiger charge is -2.37. The van der Waals surface area contributed by atoms with Gasteiger partial charge in [0.25, 0.3) is 0 Å². The summed E-state index contributed by atoms with van der Waals surface area (Å²) in [7, 11) is 0. The number of rotatable bonds is 3. The van der Waals surface area contributed by atoms with Crippen molar-refractivity contribution in [2.75, 3.05) is 16.8 Å². The lowest BCUT2D eigenvalue weighted by Crippen LogP contribution is -2.35. The fourth-order valence-corrected chi connectivity index (χ4v) is 4.02. The normalized spacial score (nSPS) is 15.5. The average Bonchev–Trinajstić information content (AvgIpc) is 2.68. The summed E-state index contributed by atoms with van der Waals surface area (Å²) >= 11 is 6.40. The Morgan fingerprint density at radius 1 is 1.10 bits per heavy atom. The molecule has 2 aromatic carbocycles. The summed E-state index contributed by atoms with van der Waals surface area (Å²) in [5, 5.41) is 3.84. The van der Waals surface area contributed by atoms with Crippen LogP contribution in [0.2, 0.25) is 5.02 Å². The summed E-state index contributed by atoms with van der Waals surface area (Å²) < 4.78 is 14.0. The van der Waals surface area contributed by atoms with Gasteiger partial charge in [-0.1, -0.05) is 35.9 Å². The van der Waals surface area contributed by atoms with Crippen molar-refractivity contribution in [1.29, 1.82) is 0 Å². The molecule has 0 aliphatic carbocycles. The Hall–Kier alpha value is -2.37. The molecule has 29 heavy (non-hydrogen) atoms. The quantitative estimate of drug-likeness (QED) is 0.536. The molecule has 2 heterocycles. The number of aryl methyl sites for hydroxylation is 1. The highest BCUT2D eigenvalue weighted by molar-refractivity contribution is 6.31. The van der Waals surface area contributed by atoms with Crippen LogP contribution in [0.4, 0.5) is 21.8 Å². The molecule has 152 valence electrons. The van der Waals surface area contributed by atoms with Crippen molar-refractivity contribution in [3.63, 3.8) is 0 Å². The highest BCUT2D eigenvalue weighted by Gasteiger charge is 2.28. The molecule has 1 aromatic heterocycles. The predicted octanol–water partition coefficient (Wildman–Crippen LogP) is 6.18. The maximum atomic E-state index is 14.0. The van der Waals surface area contributed by atoms with Gasteiger partial charge in [0.05, 0.1) is 11.7 Å². The standard InChI is InChI=1S/C22H22ClFN4.ClH/c1-13-14(2)25-22(26-20-10-5-4-9-19(20)24)27-21(13)28-12-11-17-16(15(28)3)7-6-8-18(17)23;/h4-10,15H,11-12H2,1-3H3,(H,25,26,27);1H. The number of aromatic nitrogens is 2. The van der Waals surface area contributed by atoms with Crippen LogP contribution in [0.5, 0.6) is 0 Å². The Morgan fingerprint density at radius 3 is 2.62 bits per heavy atom. The van der Waals surface area contributed by atoms with Crippen LogP contribution in [0.15, 0.2) is 42.5 Å². The van der Waals surface area contributed by atoms with E-state index in [0.29, 0.717) is 11.6 Å². The van der Waals surface area contributed by atoms with E-state index in [4.69, 9.17) is 16.6 Å². The summed E-state index contributed by atoms with van der Waals surface area (Å²) in [5.41, 5.74) is 4.68. The molecular formula is C22H23Cl2FN4. The lowest BCUT2D eigenvalue weighted by molar-refractivity contribution is 0.614. The molecular weight excluding hydrogens is 410 g/mol. The number of nitrogens with one attached hydrogen (secondary N) is 1. The number of nitrogens with zero attached hydrogens (tertiary/aromatic N) is 3. The molecule has 0 fully saturated rings. The Morgan fingerprint density at radius 2 is 1.86 bits per heavy atom. The Bertz CT molecular complexity index is 1040. The summed E-state index contributed by atoms with van der Waals surface area (Å²) in [5.74, 6) is 0.928. The van der Waals surface area contributed by atoms with Crippen LogP contribution in [0.25, 0.3) is 0 Å². The molecule has 1 aliphatic heterocycles. The first kappa shape index (κ1) is 21.3. The van der Waals surface area contributed by atoms with Gasteiger partial charge in [-0.2, -0.15) is 4.98 Å². The Kier molecular flexibility index (Phi) is 6.30. The van der Waals surface area contributed by atoms with Crippen molar-refractivity contribution >= 4 is 41.5 Å². The molecule has 1 N–H and O–H groups in total. The van der Waals surface area contributed by atoms with E-state index in [1.807, 2.05) is 26.0 Å². The van der Waals surface area contributed by atoms with Gasteiger partial charge in [-0.15, -0.1) is 12.4 Å². The number of para-hydroxylation sites is 1. The third kappa shape index (κ3) is 4.02. The molecule has 4 nitrogen and oxygen atoms in total. The van der Waals surface area contributed by atoms with Crippen molar-refractivity contribution in [3.05, 3.63) is 75.7 Å². The topological polar surface area (TPSA) is 41.1 Å². The summed E-state index contributed by atoms with van der Waals surface area (Å²) in [6.45, 7) is 6.95. The van der Waals surface area contributed by atoms with Crippen LogP contribution in [-0.2, 0) is 6.42 Å². The molecule has 1 unspecified atom stereocenters. The molecule has 0 saturated heterocycles. The number of fused-ring (bicyclic) bond motifs is 1. The van der Waals surface area contributed by atoms with Crippen LogP contribution < -0.4 is 10.2 Å². The van der Waals surface area contributed by atoms with Crippen LogP contribution in [-0.4, -0.2) is 16.5 Å². The zero-order valence-corrected chi connectivity index (χ0v) is 18.1. The first-order valence-corrected chi connectivity index (χ1v) is 9.74. The highest BCUT2D eigenvalue weighted by Crippen LogP contribution is 2.37. The zero-order valence-electron chi connectivity index (χ0n) is 16.5. The van der Waals surface area contributed by atoms with E-state index >= 15 is 0 Å². The minimum Gasteiger partial charge on any atom is -0.349 e. The van der Waals surface area contributed by atoms with E-state index in [1.165, 1.54) is 17.2 Å². The number of hydrogen-bond acceptors (Lipinski definition) is 4. The predicted molar refractivity (Wildman–Crippen MR) is 119 cm³/mol. The Labute approximate surface area is 181 Å². The summed E-state index contributed by atoms with van der Waals surface area (Å²) in [6.07, 6.45) is 0.859. The van der Waals surface area contributed by atoms with Crippen molar-refractivity contribution in [2.45, 2.75) is 33.2 Å². The van der Waals surface area contributed by atoms with E-state index in [-0.39, 0.29) is 24.3 Å². The number of hydrogen-bond donors (Lipinski definition) is 1. The molecule has 0 radical (unpaired) electrons. The largest absolute Gasteiger partial charge is 0.349 e. The molecule has 1 atom stereocenters. The van der Waals surface area contributed by atoms with Gasteiger partial charge in [-0.3, -0.25) is 0 Å². The Balaban J connectivity index is 0.00000240. The average molecular weight is 433 g/mol. The van der Waals surface area contributed by atoms with Gasteiger partial charge < -0.3 is 10.2 Å². The number of halogens is 3. The molecule has 0 saturated carbocycles. The van der Waals surface area contributed by atoms with E-state index in [0.717, 1.165) is 35.1 Å². The maximum absolute atomic E-state index is 14.0. The van der Waals surface area contributed by atoms with Crippen molar-refractivity contribution in [3.8, 4) is 0 Å². The highest BCUT2D eigenvalue weighted by atomic mass is 35.5. The van der Waals surface area contributed by atoms with Crippen molar-refractivity contribution in [1.82, 2.24) is 9.97 Å². The molecule has 3 aromatic rings. The lowest BCUT2D eigenvalue weighted by atomic mass is 9.93. The van der Waals surface area contributed by atoms with Crippen LogP contribution in [0, 0.1) is 19.7 Å². The maximum Gasteiger partial charge on any atom is 0.229 e. The minimum atomic E-state index is -0.333. The molecule has 0 amide bonds. The fraction of sp³-hybridized carbons (Fsp3) is 0.273. The van der Waals surface area contributed by atoms with Crippen LogP contribution >= 0.6 is 24.0 Å². The molecule has 4 rings (SSSR count). The van der Waals surface area contributed by atoms with E-state index in [2.05, 4.69) is 28.2 Å². The van der Waals surface area contributed by atoms with Gasteiger partial charge in [0, 0.05) is 22.8 Å². The van der Waals surface area contributed by atoms with E-state index in [1.54, 1.807) is 18.2 Å². The van der Waals surface area contributed by atoms with Gasteiger partial charge in [-0.05, 0) is 56.5 Å². The summed E-state index contributed by atoms with van der Waals surface area (Å²) in [6, 6.07) is 12.7.